The SMILES string of the molecule is CC1CCN(C(=O)c2ccc(CN(Cc3ccc(F)cc3)Cc3cccc(F)c3)o2)CC1. The normalized spacial score (nSPS) is 14.8. The van der Waals surface area contributed by atoms with E-state index in [1.807, 2.05) is 17.0 Å². The van der Waals surface area contributed by atoms with Crippen LogP contribution in [0.25, 0.3) is 0 Å². The van der Waals surface area contributed by atoms with E-state index < -0.39 is 0 Å². The first-order valence-electron chi connectivity index (χ1n) is 11.1. The zero-order valence-electron chi connectivity index (χ0n) is 18.3. The van der Waals surface area contributed by atoms with Crippen molar-refractivity contribution in [2.75, 3.05) is 13.1 Å². The van der Waals surface area contributed by atoms with Crippen LogP contribution in [-0.4, -0.2) is 28.8 Å². The molecule has 0 aliphatic carbocycles. The van der Waals surface area contributed by atoms with Crippen molar-refractivity contribution in [2.24, 2.45) is 5.92 Å². The van der Waals surface area contributed by atoms with Crippen LogP contribution in [0.4, 0.5) is 8.78 Å². The minimum absolute atomic E-state index is 0.0710. The van der Waals surface area contributed by atoms with Gasteiger partial charge in [-0.2, -0.15) is 0 Å². The van der Waals surface area contributed by atoms with Crippen LogP contribution in [0.1, 0.15) is 47.2 Å². The Morgan fingerprint density at radius 3 is 2.38 bits per heavy atom. The summed E-state index contributed by atoms with van der Waals surface area (Å²) >= 11 is 0. The average Bonchev–Trinajstić information content (AvgIpc) is 3.24. The van der Waals surface area contributed by atoms with Crippen molar-refractivity contribution < 1.29 is 18.0 Å². The fourth-order valence-corrected chi connectivity index (χ4v) is 4.07. The summed E-state index contributed by atoms with van der Waals surface area (Å²) in [7, 11) is 0. The van der Waals surface area contributed by atoms with Crippen molar-refractivity contribution in [3.8, 4) is 0 Å². The van der Waals surface area contributed by atoms with Crippen molar-refractivity contribution in [3.05, 3.63) is 94.9 Å². The third-order valence-electron chi connectivity index (χ3n) is 5.94. The van der Waals surface area contributed by atoms with Crippen molar-refractivity contribution in [2.45, 2.75) is 39.4 Å². The standard InChI is InChI=1S/C26H28F2N2O2/c1-19-11-13-30(14-12-19)26(31)25-10-9-24(32-25)18-29(16-20-5-7-22(27)8-6-20)17-21-3-2-4-23(28)15-21/h2-10,15,19H,11-14,16-18H2,1H3. The summed E-state index contributed by atoms with van der Waals surface area (Å²) in [5, 5.41) is 0. The van der Waals surface area contributed by atoms with Gasteiger partial charge in [0.25, 0.3) is 5.91 Å². The molecule has 2 aromatic carbocycles. The molecule has 32 heavy (non-hydrogen) atoms. The maximum atomic E-state index is 13.7. The first kappa shape index (κ1) is 22.2. The highest BCUT2D eigenvalue weighted by molar-refractivity contribution is 5.91. The molecular weight excluding hydrogens is 410 g/mol. The van der Waals surface area contributed by atoms with E-state index in [4.69, 9.17) is 4.42 Å². The number of piperidine rings is 1. The highest BCUT2D eigenvalue weighted by Crippen LogP contribution is 2.21. The summed E-state index contributed by atoms with van der Waals surface area (Å²) in [4.78, 5) is 16.7. The van der Waals surface area contributed by atoms with Crippen LogP contribution in [0.5, 0.6) is 0 Å². The second-order valence-electron chi connectivity index (χ2n) is 8.64. The Kier molecular flexibility index (Phi) is 7.00. The van der Waals surface area contributed by atoms with Crippen molar-refractivity contribution in [3.63, 3.8) is 0 Å². The number of carbonyl (C=O) groups excluding carboxylic acids is 1. The molecule has 1 aliphatic heterocycles. The Morgan fingerprint density at radius 1 is 0.938 bits per heavy atom. The van der Waals surface area contributed by atoms with E-state index in [0.717, 1.165) is 37.1 Å². The molecule has 2 heterocycles. The Balaban J connectivity index is 1.47. The molecule has 3 aromatic rings. The molecule has 1 fully saturated rings. The summed E-state index contributed by atoms with van der Waals surface area (Å²) < 4.78 is 32.9. The van der Waals surface area contributed by atoms with Gasteiger partial charge in [0, 0.05) is 26.2 Å². The Morgan fingerprint density at radius 2 is 1.66 bits per heavy atom. The average molecular weight is 439 g/mol. The van der Waals surface area contributed by atoms with Gasteiger partial charge in [0.05, 0.1) is 6.54 Å². The summed E-state index contributed by atoms with van der Waals surface area (Å²) in [6.45, 7) is 5.19. The highest BCUT2D eigenvalue weighted by Gasteiger charge is 2.24. The number of likely N-dealkylation sites (tertiary alicyclic amines) is 1. The van der Waals surface area contributed by atoms with Crippen LogP contribution in [0.15, 0.2) is 65.1 Å². The largest absolute Gasteiger partial charge is 0.455 e. The summed E-state index contributed by atoms with van der Waals surface area (Å²) in [5.74, 6) is 1.02. The van der Waals surface area contributed by atoms with Gasteiger partial charge in [-0.25, -0.2) is 8.78 Å². The van der Waals surface area contributed by atoms with Gasteiger partial charge < -0.3 is 9.32 Å². The van der Waals surface area contributed by atoms with E-state index in [1.54, 1.807) is 24.3 Å². The second-order valence-corrected chi connectivity index (χ2v) is 8.64. The molecule has 0 radical (unpaired) electrons. The van der Waals surface area contributed by atoms with Gasteiger partial charge in [0.1, 0.15) is 17.4 Å². The highest BCUT2D eigenvalue weighted by atomic mass is 19.1. The molecule has 0 unspecified atom stereocenters. The Labute approximate surface area is 187 Å². The molecule has 6 heteroatoms. The van der Waals surface area contributed by atoms with E-state index in [2.05, 4.69) is 11.8 Å². The maximum absolute atomic E-state index is 13.7. The van der Waals surface area contributed by atoms with Gasteiger partial charge in [-0.1, -0.05) is 31.2 Å². The predicted molar refractivity (Wildman–Crippen MR) is 119 cm³/mol. The smallest absolute Gasteiger partial charge is 0.289 e. The molecule has 4 rings (SSSR count). The third kappa shape index (κ3) is 5.82. The van der Waals surface area contributed by atoms with E-state index >= 15 is 0 Å². The van der Waals surface area contributed by atoms with E-state index in [-0.39, 0.29) is 17.5 Å². The van der Waals surface area contributed by atoms with Crippen molar-refractivity contribution in [1.82, 2.24) is 9.80 Å². The lowest BCUT2D eigenvalue weighted by Crippen LogP contribution is -2.37. The van der Waals surface area contributed by atoms with Crippen molar-refractivity contribution >= 4 is 5.91 Å². The molecule has 0 bridgehead atoms. The first-order valence-corrected chi connectivity index (χ1v) is 11.1. The lowest BCUT2D eigenvalue weighted by molar-refractivity contribution is 0.0660. The monoisotopic (exact) mass is 438 g/mol. The van der Waals surface area contributed by atoms with E-state index in [9.17, 15) is 13.6 Å². The zero-order valence-corrected chi connectivity index (χ0v) is 18.3. The van der Waals surface area contributed by atoms with Crippen LogP contribution in [-0.2, 0) is 19.6 Å². The van der Waals surface area contributed by atoms with Gasteiger partial charge in [0.15, 0.2) is 5.76 Å². The second kappa shape index (κ2) is 10.1. The number of furan rings is 1. The lowest BCUT2D eigenvalue weighted by Gasteiger charge is -2.29. The molecule has 1 saturated heterocycles. The minimum atomic E-state index is -0.286. The number of benzene rings is 2. The molecule has 0 spiro atoms. The molecule has 1 aliphatic rings. The predicted octanol–water partition coefficient (Wildman–Crippen LogP) is 5.63. The third-order valence-corrected chi connectivity index (χ3v) is 5.94. The number of hydrogen-bond donors (Lipinski definition) is 0. The number of rotatable bonds is 7. The quantitative estimate of drug-likeness (QED) is 0.480. The summed E-state index contributed by atoms with van der Waals surface area (Å²) in [6, 6.07) is 16.4. The molecule has 0 N–H and O–H groups in total. The maximum Gasteiger partial charge on any atom is 0.289 e. The Bertz CT molecular complexity index is 1040. The van der Waals surface area contributed by atoms with Gasteiger partial charge in [-0.15, -0.1) is 0 Å². The summed E-state index contributed by atoms with van der Waals surface area (Å²) in [6.07, 6.45) is 2.02. The van der Waals surface area contributed by atoms with Gasteiger partial charge in [0.2, 0.25) is 0 Å². The lowest BCUT2D eigenvalue weighted by atomic mass is 9.99. The molecule has 168 valence electrons. The molecule has 0 atom stereocenters. The number of halogens is 2. The van der Waals surface area contributed by atoms with Crippen LogP contribution in [0.3, 0.4) is 0 Å². The molecule has 1 aromatic heterocycles. The number of carbonyl (C=O) groups is 1. The Hall–Kier alpha value is -2.99. The van der Waals surface area contributed by atoms with Crippen LogP contribution < -0.4 is 0 Å². The van der Waals surface area contributed by atoms with E-state index in [0.29, 0.717) is 37.1 Å². The molecule has 0 saturated carbocycles. The van der Waals surface area contributed by atoms with Crippen LogP contribution in [0.2, 0.25) is 0 Å². The van der Waals surface area contributed by atoms with Gasteiger partial charge in [-0.3, -0.25) is 9.69 Å². The van der Waals surface area contributed by atoms with Crippen LogP contribution in [0, 0.1) is 17.6 Å². The number of nitrogens with zero attached hydrogens (tertiary/aromatic N) is 2. The minimum Gasteiger partial charge on any atom is -0.455 e. The number of amides is 1. The zero-order chi connectivity index (χ0) is 22.5. The van der Waals surface area contributed by atoms with Gasteiger partial charge in [-0.05, 0) is 66.3 Å². The topological polar surface area (TPSA) is 36.7 Å². The molecule has 1 amide bonds. The van der Waals surface area contributed by atoms with Crippen molar-refractivity contribution in [1.29, 1.82) is 0 Å². The van der Waals surface area contributed by atoms with Gasteiger partial charge >= 0.3 is 0 Å². The fraction of sp³-hybridized carbons (Fsp3) is 0.346. The van der Waals surface area contributed by atoms with E-state index in [1.165, 1.54) is 24.3 Å². The molecule has 4 nitrogen and oxygen atoms in total. The first-order chi connectivity index (χ1) is 15.5. The summed E-state index contributed by atoms with van der Waals surface area (Å²) in [5.41, 5.74) is 1.77. The van der Waals surface area contributed by atoms with Crippen LogP contribution >= 0.6 is 0 Å². The number of hydrogen-bond acceptors (Lipinski definition) is 3. The molecular formula is C26H28F2N2O2. The fourth-order valence-electron chi connectivity index (χ4n) is 4.07.